The van der Waals surface area contributed by atoms with Gasteiger partial charge in [-0.05, 0) is 57.0 Å². The average Bonchev–Trinajstić information content (AvgIpc) is 3.13. The van der Waals surface area contributed by atoms with Gasteiger partial charge in [-0.25, -0.2) is 0 Å². The van der Waals surface area contributed by atoms with E-state index in [1.165, 1.54) is 45.2 Å². The standard InChI is InChI=1S/C21H30N2O3/c1-25-20-9-8-17(15-21(20)26-2)19(24)10-14-23-13-6-7-18(23)16-22-11-4-3-5-12-22/h8-10,14-15,18H,3-7,11-13,16H2,1-2H3/b14-10+/t18-/m0/s1. The van der Waals surface area contributed by atoms with Gasteiger partial charge in [-0.1, -0.05) is 6.42 Å². The molecule has 0 saturated carbocycles. The van der Waals surface area contributed by atoms with Crippen LogP contribution in [0.15, 0.2) is 30.5 Å². The zero-order valence-corrected chi connectivity index (χ0v) is 15.9. The first-order valence-electron chi connectivity index (χ1n) is 9.64. The van der Waals surface area contributed by atoms with E-state index in [9.17, 15) is 4.79 Å². The summed E-state index contributed by atoms with van der Waals surface area (Å²) in [5.41, 5.74) is 0.616. The van der Waals surface area contributed by atoms with Gasteiger partial charge in [-0.3, -0.25) is 4.79 Å². The van der Waals surface area contributed by atoms with Gasteiger partial charge < -0.3 is 19.3 Å². The second-order valence-electron chi connectivity index (χ2n) is 7.14. The normalized spacial score (nSPS) is 21.3. The van der Waals surface area contributed by atoms with Gasteiger partial charge in [0.05, 0.1) is 14.2 Å². The molecule has 2 heterocycles. The van der Waals surface area contributed by atoms with Crippen molar-refractivity contribution in [2.24, 2.45) is 0 Å². The van der Waals surface area contributed by atoms with Crippen molar-refractivity contribution in [3.63, 3.8) is 0 Å². The van der Waals surface area contributed by atoms with E-state index < -0.39 is 0 Å². The molecule has 2 aliphatic heterocycles. The minimum absolute atomic E-state index is 0.00502. The number of likely N-dealkylation sites (tertiary alicyclic amines) is 2. The van der Waals surface area contributed by atoms with Crippen molar-refractivity contribution in [3.05, 3.63) is 36.0 Å². The molecule has 0 radical (unpaired) electrons. The third-order valence-electron chi connectivity index (χ3n) is 5.43. The summed E-state index contributed by atoms with van der Waals surface area (Å²) in [5, 5.41) is 0. The van der Waals surface area contributed by atoms with Crippen LogP contribution in [-0.2, 0) is 0 Å². The number of carbonyl (C=O) groups is 1. The lowest BCUT2D eigenvalue weighted by molar-refractivity contribution is 0.104. The average molecular weight is 358 g/mol. The maximum atomic E-state index is 12.5. The maximum absolute atomic E-state index is 12.5. The molecule has 0 N–H and O–H groups in total. The molecule has 2 aliphatic rings. The van der Waals surface area contributed by atoms with Crippen LogP contribution in [0.3, 0.4) is 0 Å². The Morgan fingerprint density at radius 3 is 2.58 bits per heavy atom. The van der Waals surface area contributed by atoms with E-state index in [1.54, 1.807) is 38.5 Å². The molecule has 0 aromatic heterocycles. The van der Waals surface area contributed by atoms with Gasteiger partial charge in [0.1, 0.15) is 0 Å². The lowest BCUT2D eigenvalue weighted by atomic mass is 10.1. The molecular formula is C21H30N2O3. The molecule has 142 valence electrons. The number of hydrogen-bond acceptors (Lipinski definition) is 5. The number of allylic oxidation sites excluding steroid dienone is 1. The number of benzene rings is 1. The minimum Gasteiger partial charge on any atom is -0.493 e. The highest BCUT2D eigenvalue weighted by Crippen LogP contribution is 2.28. The number of ketones is 1. The molecule has 0 unspecified atom stereocenters. The molecule has 26 heavy (non-hydrogen) atoms. The highest BCUT2D eigenvalue weighted by Gasteiger charge is 2.25. The Balaban J connectivity index is 1.61. The Hall–Kier alpha value is -2.01. The summed E-state index contributed by atoms with van der Waals surface area (Å²) in [7, 11) is 3.17. The van der Waals surface area contributed by atoms with E-state index in [0.717, 1.165) is 13.1 Å². The highest BCUT2D eigenvalue weighted by atomic mass is 16.5. The van der Waals surface area contributed by atoms with E-state index in [4.69, 9.17) is 9.47 Å². The second kappa shape index (κ2) is 9.08. The van der Waals surface area contributed by atoms with Gasteiger partial charge in [0.2, 0.25) is 0 Å². The van der Waals surface area contributed by atoms with Crippen molar-refractivity contribution >= 4 is 5.78 Å². The van der Waals surface area contributed by atoms with Crippen LogP contribution in [0, 0.1) is 0 Å². The first kappa shape index (κ1) is 18.8. The zero-order chi connectivity index (χ0) is 18.4. The number of carbonyl (C=O) groups excluding carboxylic acids is 1. The number of rotatable bonds is 7. The van der Waals surface area contributed by atoms with Gasteiger partial charge in [-0.15, -0.1) is 0 Å². The topological polar surface area (TPSA) is 42.0 Å². The molecule has 3 rings (SSSR count). The Kier molecular flexibility index (Phi) is 6.56. The number of nitrogens with zero attached hydrogens (tertiary/aromatic N) is 2. The number of hydrogen-bond donors (Lipinski definition) is 0. The fraction of sp³-hybridized carbons (Fsp3) is 0.571. The summed E-state index contributed by atoms with van der Waals surface area (Å²) < 4.78 is 10.5. The smallest absolute Gasteiger partial charge is 0.187 e. The Bertz CT molecular complexity index is 638. The molecule has 1 aromatic rings. The first-order chi connectivity index (χ1) is 12.7. The lowest BCUT2D eigenvalue weighted by Crippen LogP contribution is -2.40. The van der Waals surface area contributed by atoms with Gasteiger partial charge in [0.25, 0.3) is 0 Å². The number of methoxy groups -OCH3 is 2. The predicted molar refractivity (Wildman–Crippen MR) is 103 cm³/mol. The second-order valence-corrected chi connectivity index (χ2v) is 7.14. The van der Waals surface area contributed by atoms with Crippen LogP contribution in [-0.4, -0.2) is 62.0 Å². The molecule has 1 atom stereocenters. The monoisotopic (exact) mass is 358 g/mol. The van der Waals surface area contributed by atoms with Crippen molar-refractivity contribution in [2.45, 2.75) is 38.1 Å². The van der Waals surface area contributed by atoms with Crippen LogP contribution in [0.2, 0.25) is 0 Å². The predicted octanol–water partition coefficient (Wildman–Crippen LogP) is 3.35. The molecule has 2 fully saturated rings. The summed E-state index contributed by atoms with van der Waals surface area (Å²) in [5.74, 6) is 1.21. The van der Waals surface area contributed by atoms with Crippen LogP contribution in [0.5, 0.6) is 11.5 Å². The van der Waals surface area contributed by atoms with Crippen LogP contribution in [0.25, 0.3) is 0 Å². The highest BCUT2D eigenvalue weighted by molar-refractivity contribution is 6.04. The summed E-state index contributed by atoms with van der Waals surface area (Å²) in [4.78, 5) is 17.5. The molecule has 5 nitrogen and oxygen atoms in total. The molecule has 0 spiro atoms. The van der Waals surface area contributed by atoms with Crippen molar-refractivity contribution in [3.8, 4) is 11.5 Å². The molecule has 5 heteroatoms. The fourth-order valence-corrected chi connectivity index (χ4v) is 3.94. The molecule has 1 aromatic carbocycles. The van der Waals surface area contributed by atoms with Crippen LogP contribution in [0.1, 0.15) is 42.5 Å². The minimum atomic E-state index is -0.00502. The third-order valence-corrected chi connectivity index (χ3v) is 5.43. The Morgan fingerprint density at radius 1 is 1.08 bits per heavy atom. The van der Waals surface area contributed by atoms with E-state index >= 15 is 0 Å². The van der Waals surface area contributed by atoms with E-state index in [1.807, 2.05) is 6.20 Å². The van der Waals surface area contributed by atoms with Gasteiger partial charge in [-0.2, -0.15) is 0 Å². The van der Waals surface area contributed by atoms with Gasteiger partial charge in [0.15, 0.2) is 17.3 Å². The summed E-state index contributed by atoms with van der Waals surface area (Å²) in [6.45, 7) is 4.60. The molecule has 2 saturated heterocycles. The van der Waals surface area contributed by atoms with Crippen LogP contribution >= 0.6 is 0 Å². The number of ether oxygens (including phenoxy) is 2. The Labute approximate surface area is 156 Å². The number of piperidine rings is 1. The van der Waals surface area contributed by atoms with Crippen molar-refractivity contribution in [2.75, 3.05) is 40.4 Å². The van der Waals surface area contributed by atoms with Crippen LogP contribution in [0.4, 0.5) is 0 Å². The zero-order valence-electron chi connectivity index (χ0n) is 15.9. The van der Waals surface area contributed by atoms with E-state index in [2.05, 4.69) is 9.80 Å². The molecular weight excluding hydrogens is 328 g/mol. The SMILES string of the molecule is COc1ccc(C(=O)/C=C/N2CCC[C@H]2CN2CCCCC2)cc1OC. The summed E-state index contributed by atoms with van der Waals surface area (Å²) in [6.07, 6.45) is 10.1. The largest absolute Gasteiger partial charge is 0.493 e. The molecule has 0 bridgehead atoms. The van der Waals surface area contributed by atoms with Crippen LogP contribution < -0.4 is 9.47 Å². The van der Waals surface area contributed by atoms with Crippen molar-refractivity contribution in [1.29, 1.82) is 0 Å². The third kappa shape index (κ3) is 4.58. The van der Waals surface area contributed by atoms with E-state index in [0.29, 0.717) is 23.1 Å². The quantitative estimate of drug-likeness (QED) is 0.552. The first-order valence-corrected chi connectivity index (χ1v) is 9.64. The van der Waals surface area contributed by atoms with Crippen molar-refractivity contribution < 1.29 is 14.3 Å². The van der Waals surface area contributed by atoms with Gasteiger partial charge in [0, 0.05) is 37.0 Å². The molecule has 0 amide bonds. The molecule has 0 aliphatic carbocycles. The lowest BCUT2D eigenvalue weighted by Gasteiger charge is -2.32. The summed E-state index contributed by atoms with van der Waals surface area (Å²) >= 11 is 0. The van der Waals surface area contributed by atoms with E-state index in [-0.39, 0.29) is 5.78 Å². The summed E-state index contributed by atoms with van der Waals surface area (Å²) in [6, 6.07) is 5.82. The van der Waals surface area contributed by atoms with Crippen molar-refractivity contribution in [1.82, 2.24) is 9.80 Å². The maximum Gasteiger partial charge on any atom is 0.187 e. The fourth-order valence-electron chi connectivity index (χ4n) is 3.94. The van der Waals surface area contributed by atoms with Gasteiger partial charge >= 0.3 is 0 Å². The Morgan fingerprint density at radius 2 is 1.85 bits per heavy atom.